The molecule has 54 heavy (non-hydrogen) atoms. The minimum atomic E-state index is -4.38. The molecule has 0 aliphatic rings. The van der Waals surface area contributed by atoms with Crippen LogP contribution in [0.15, 0.2) is 24.3 Å². The molecular formula is C44H85NO8P+. The lowest BCUT2D eigenvalue weighted by Gasteiger charge is -2.24. The van der Waals surface area contributed by atoms with Gasteiger partial charge in [-0.15, -0.1) is 0 Å². The summed E-state index contributed by atoms with van der Waals surface area (Å²) in [5.74, 6) is -0.846. The van der Waals surface area contributed by atoms with Crippen LogP contribution in [0.5, 0.6) is 0 Å². The zero-order chi connectivity index (χ0) is 40.0. The van der Waals surface area contributed by atoms with Crippen molar-refractivity contribution >= 4 is 19.8 Å². The number of quaternary nitrogens is 1. The first kappa shape index (κ1) is 52.5. The van der Waals surface area contributed by atoms with Crippen molar-refractivity contribution in [2.75, 3.05) is 47.5 Å². The Bertz CT molecular complexity index is 980. The van der Waals surface area contributed by atoms with Gasteiger partial charge in [-0.2, -0.15) is 0 Å². The third-order valence-corrected chi connectivity index (χ3v) is 10.4. The number of phosphoric acid groups is 1. The lowest BCUT2D eigenvalue weighted by atomic mass is 10.1. The van der Waals surface area contributed by atoms with Crippen LogP contribution in [0.4, 0.5) is 0 Å². The molecule has 0 spiro atoms. The highest BCUT2D eigenvalue weighted by Crippen LogP contribution is 2.43. The molecule has 0 aliphatic carbocycles. The minimum Gasteiger partial charge on any atom is -0.462 e. The van der Waals surface area contributed by atoms with Gasteiger partial charge in [-0.25, -0.2) is 4.57 Å². The van der Waals surface area contributed by atoms with E-state index in [9.17, 15) is 19.0 Å². The third-order valence-electron chi connectivity index (χ3n) is 9.45. The highest BCUT2D eigenvalue weighted by molar-refractivity contribution is 7.47. The van der Waals surface area contributed by atoms with Crippen LogP contribution in [0.3, 0.4) is 0 Å². The van der Waals surface area contributed by atoms with Crippen molar-refractivity contribution in [1.29, 1.82) is 0 Å². The van der Waals surface area contributed by atoms with E-state index < -0.39 is 32.5 Å². The Morgan fingerprint density at radius 2 is 0.944 bits per heavy atom. The maximum absolute atomic E-state index is 12.7. The van der Waals surface area contributed by atoms with E-state index in [2.05, 4.69) is 38.2 Å². The first-order chi connectivity index (χ1) is 26.0. The van der Waals surface area contributed by atoms with Crippen LogP contribution in [0.1, 0.15) is 194 Å². The number of nitrogens with zero attached hydrogens (tertiary/aromatic N) is 1. The Balaban J connectivity index is 4.41. The lowest BCUT2D eigenvalue weighted by molar-refractivity contribution is -0.870. The molecule has 0 bridgehead atoms. The quantitative estimate of drug-likeness (QED) is 0.0215. The van der Waals surface area contributed by atoms with Gasteiger partial charge in [0.15, 0.2) is 6.10 Å². The van der Waals surface area contributed by atoms with Crippen molar-refractivity contribution in [3.05, 3.63) is 24.3 Å². The average Bonchev–Trinajstić information content (AvgIpc) is 3.12. The number of carbonyl (C=O) groups excluding carboxylic acids is 2. The molecule has 2 atom stereocenters. The second-order valence-electron chi connectivity index (χ2n) is 16.1. The molecule has 0 rings (SSSR count). The van der Waals surface area contributed by atoms with E-state index in [1.807, 2.05) is 21.1 Å². The molecule has 0 radical (unpaired) electrons. The number of unbranched alkanes of at least 4 members (excludes halogenated alkanes) is 22. The van der Waals surface area contributed by atoms with Crippen molar-refractivity contribution < 1.29 is 42.1 Å². The van der Waals surface area contributed by atoms with Crippen molar-refractivity contribution in [2.45, 2.75) is 200 Å². The van der Waals surface area contributed by atoms with Crippen molar-refractivity contribution in [3.8, 4) is 0 Å². The second-order valence-corrected chi connectivity index (χ2v) is 17.5. The van der Waals surface area contributed by atoms with E-state index in [-0.39, 0.29) is 26.1 Å². The fourth-order valence-electron chi connectivity index (χ4n) is 5.94. The lowest BCUT2D eigenvalue weighted by Crippen LogP contribution is -2.37. The van der Waals surface area contributed by atoms with Crippen molar-refractivity contribution in [2.24, 2.45) is 0 Å². The zero-order valence-electron chi connectivity index (χ0n) is 35.7. The Kier molecular flexibility index (Phi) is 36.1. The highest BCUT2D eigenvalue weighted by Gasteiger charge is 2.27. The normalized spacial score (nSPS) is 13.8. The van der Waals surface area contributed by atoms with E-state index in [1.165, 1.54) is 116 Å². The molecule has 0 saturated carbocycles. The second kappa shape index (κ2) is 37.1. The number of esters is 2. The molecule has 10 heteroatoms. The minimum absolute atomic E-state index is 0.0266. The van der Waals surface area contributed by atoms with Gasteiger partial charge in [0.05, 0.1) is 27.7 Å². The first-order valence-electron chi connectivity index (χ1n) is 22.1. The van der Waals surface area contributed by atoms with Gasteiger partial charge < -0.3 is 18.9 Å². The molecule has 0 aromatic carbocycles. The van der Waals surface area contributed by atoms with Crippen LogP contribution in [-0.4, -0.2) is 74.9 Å². The molecule has 0 saturated heterocycles. The number of likely N-dealkylation sites (N-methyl/N-ethyl adjacent to an activating group) is 1. The number of carbonyl (C=O) groups is 2. The Labute approximate surface area is 332 Å². The monoisotopic (exact) mass is 787 g/mol. The Hall–Kier alpha value is -1.51. The molecule has 318 valence electrons. The number of hydrogen-bond donors (Lipinski definition) is 1. The van der Waals surface area contributed by atoms with Crippen LogP contribution in [0, 0.1) is 0 Å². The summed E-state index contributed by atoms with van der Waals surface area (Å²) < 4.78 is 34.2. The SMILES string of the molecule is CCCCCCCCCCCC=CCCCCC(=O)OC[C@H](COP(=O)(O)OCC[N+](C)(C)C)OC(=O)CCCCC=CCCCCCCCCCCC. The van der Waals surface area contributed by atoms with E-state index in [4.69, 9.17) is 18.5 Å². The zero-order valence-corrected chi connectivity index (χ0v) is 36.6. The van der Waals surface area contributed by atoms with Gasteiger partial charge in [-0.05, 0) is 64.2 Å². The fourth-order valence-corrected chi connectivity index (χ4v) is 6.69. The maximum atomic E-state index is 12.7. The third kappa shape index (κ3) is 40.2. The molecule has 0 heterocycles. The van der Waals surface area contributed by atoms with E-state index >= 15 is 0 Å². The Morgan fingerprint density at radius 3 is 1.37 bits per heavy atom. The van der Waals surface area contributed by atoms with Crippen LogP contribution in [-0.2, 0) is 32.7 Å². The summed E-state index contributed by atoms with van der Waals surface area (Å²) >= 11 is 0. The maximum Gasteiger partial charge on any atom is 0.472 e. The number of allylic oxidation sites excluding steroid dienone is 4. The summed E-state index contributed by atoms with van der Waals surface area (Å²) in [4.78, 5) is 35.3. The molecule has 0 aliphatic heterocycles. The van der Waals surface area contributed by atoms with Gasteiger partial charge in [-0.3, -0.25) is 18.6 Å². The standard InChI is InChI=1S/C44H84NO8P/c1-6-8-10-12-14-16-18-20-22-24-26-28-30-32-34-36-43(46)50-40-42(41-52-54(48,49)51-39-38-45(3,4)5)53-44(47)37-35-33-31-29-27-25-23-21-19-17-15-13-11-9-7-2/h26-29,42H,6-25,30-41H2,1-5H3/p+1/t42-/m1/s1. The number of hydrogen-bond acceptors (Lipinski definition) is 7. The summed E-state index contributed by atoms with van der Waals surface area (Å²) in [7, 11) is 1.46. The average molecular weight is 787 g/mol. The molecule has 0 fully saturated rings. The van der Waals surface area contributed by atoms with Crippen LogP contribution >= 0.6 is 7.82 Å². The van der Waals surface area contributed by atoms with Crippen molar-refractivity contribution in [1.82, 2.24) is 0 Å². The van der Waals surface area contributed by atoms with Gasteiger partial charge in [0, 0.05) is 12.8 Å². The molecule has 1 unspecified atom stereocenters. The molecule has 0 amide bonds. The van der Waals surface area contributed by atoms with Crippen molar-refractivity contribution in [3.63, 3.8) is 0 Å². The smallest absolute Gasteiger partial charge is 0.462 e. The van der Waals surface area contributed by atoms with E-state index in [0.717, 1.165) is 38.5 Å². The molecular weight excluding hydrogens is 701 g/mol. The van der Waals surface area contributed by atoms with E-state index in [0.29, 0.717) is 23.9 Å². The van der Waals surface area contributed by atoms with Gasteiger partial charge in [0.2, 0.25) is 0 Å². The topological polar surface area (TPSA) is 108 Å². The van der Waals surface area contributed by atoms with E-state index in [1.54, 1.807) is 0 Å². The largest absolute Gasteiger partial charge is 0.472 e. The van der Waals surface area contributed by atoms with Gasteiger partial charge in [0.25, 0.3) is 0 Å². The molecule has 0 aromatic rings. The first-order valence-corrected chi connectivity index (χ1v) is 23.6. The molecule has 9 nitrogen and oxygen atoms in total. The van der Waals surface area contributed by atoms with Gasteiger partial charge in [-0.1, -0.05) is 141 Å². The van der Waals surface area contributed by atoms with Crippen LogP contribution < -0.4 is 0 Å². The predicted molar refractivity (Wildman–Crippen MR) is 224 cm³/mol. The van der Waals surface area contributed by atoms with Gasteiger partial charge >= 0.3 is 19.8 Å². The van der Waals surface area contributed by atoms with Crippen LogP contribution in [0.2, 0.25) is 0 Å². The molecule has 1 N–H and O–H groups in total. The summed E-state index contributed by atoms with van der Waals surface area (Å²) in [6.07, 6.45) is 39.4. The number of ether oxygens (including phenoxy) is 2. The summed E-state index contributed by atoms with van der Waals surface area (Å²) in [6, 6.07) is 0. The highest BCUT2D eigenvalue weighted by atomic mass is 31.2. The summed E-state index contributed by atoms with van der Waals surface area (Å²) in [6.45, 7) is 4.38. The fraction of sp³-hybridized carbons (Fsp3) is 0.864. The van der Waals surface area contributed by atoms with Crippen LogP contribution in [0.25, 0.3) is 0 Å². The Morgan fingerprint density at radius 1 is 0.556 bits per heavy atom. The number of rotatable bonds is 40. The summed E-state index contributed by atoms with van der Waals surface area (Å²) in [5.41, 5.74) is 0. The number of phosphoric ester groups is 1. The summed E-state index contributed by atoms with van der Waals surface area (Å²) in [5, 5.41) is 0. The molecule has 0 aromatic heterocycles. The van der Waals surface area contributed by atoms with Gasteiger partial charge in [0.1, 0.15) is 19.8 Å². The predicted octanol–water partition coefficient (Wildman–Crippen LogP) is 12.4.